The average molecular weight is 476 g/mol. The molecule has 0 spiro atoms. The molecule has 184 valence electrons. The van der Waals surface area contributed by atoms with E-state index in [0.717, 1.165) is 46.2 Å². The molecule has 1 unspecified atom stereocenters. The molecule has 9 heteroatoms. The fraction of sp³-hybridized carbons (Fsp3) is 0.462. The third-order valence-electron chi connectivity index (χ3n) is 7.06. The molecule has 1 saturated heterocycles. The third-order valence-corrected chi connectivity index (χ3v) is 7.06. The first-order chi connectivity index (χ1) is 17.0. The second-order valence-corrected chi connectivity index (χ2v) is 9.24. The highest BCUT2D eigenvalue weighted by Crippen LogP contribution is 2.31. The summed E-state index contributed by atoms with van der Waals surface area (Å²) in [6.07, 6.45) is 5.52. The Kier molecular flexibility index (Phi) is 6.32. The number of furan rings is 1. The van der Waals surface area contributed by atoms with E-state index in [9.17, 15) is 4.79 Å². The maximum atomic E-state index is 11.8. The molecule has 1 aliphatic rings. The SMILES string of the molecule is CCC(CC)n1ncc2nc(N3CCN(C(C)=O)CC3)nc(NC(C)c3ccc4occc4c3)c21. The first-order valence-corrected chi connectivity index (χ1v) is 12.5. The quantitative estimate of drug-likeness (QED) is 0.411. The largest absolute Gasteiger partial charge is 0.464 e. The topological polar surface area (TPSA) is 92.3 Å². The van der Waals surface area contributed by atoms with Crippen LogP contribution < -0.4 is 10.2 Å². The summed E-state index contributed by atoms with van der Waals surface area (Å²) in [7, 11) is 0. The molecule has 9 nitrogen and oxygen atoms in total. The van der Waals surface area contributed by atoms with Crippen molar-refractivity contribution < 1.29 is 9.21 Å². The van der Waals surface area contributed by atoms with Crippen molar-refractivity contribution in [2.45, 2.75) is 52.6 Å². The zero-order chi connectivity index (χ0) is 24.5. The summed E-state index contributed by atoms with van der Waals surface area (Å²) in [6.45, 7) is 10.9. The van der Waals surface area contributed by atoms with Crippen LogP contribution in [0.1, 0.15) is 58.2 Å². The number of rotatable bonds is 7. The van der Waals surface area contributed by atoms with Gasteiger partial charge in [-0.25, -0.2) is 4.98 Å². The van der Waals surface area contributed by atoms with E-state index in [1.807, 2.05) is 23.2 Å². The van der Waals surface area contributed by atoms with Gasteiger partial charge in [-0.05, 0) is 43.5 Å². The van der Waals surface area contributed by atoms with Crippen LogP contribution in [0.2, 0.25) is 0 Å². The van der Waals surface area contributed by atoms with Crippen LogP contribution in [-0.2, 0) is 4.79 Å². The Balaban J connectivity index is 1.52. The fourth-order valence-corrected chi connectivity index (χ4v) is 4.87. The summed E-state index contributed by atoms with van der Waals surface area (Å²) in [5.41, 5.74) is 3.79. The molecule has 0 radical (unpaired) electrons. The summed E-state index contributed by atoms with van der Waals surface area (Å²) in [5.74, 6) is 1.56. The van der Waals surface area contributed by atoms with E-state index in [2.05, 4.69) is 47.8 Å². The molecule has 3 aromatic heterocycles. The third kappa shape index (κ3) is 4.42. The van der Waals surface area contributed by atoms with Gasteiger partial charge in [-0.1, -0.05) is 19.9 Å². The van der Waals surface area contributed by atoms with Gasteiger partial charge >= 0.3 is 0 Å². The zero-order valence-corrected chi connectivity index (χ0v) is 20.9. The summed E-state index contributed by atoms with van der Waals surface area (Å²) in [5, 5.41) is 9.46. The molecule has 4 heterocycles. The molecule has 1 fully saturated rings. The summed E-state index contributed by atoms with van der Waals surface area (Å²) < 4.78 is 7.58. The van der Waals surface area contributed by atoms with Crippen molar-refractivity contribution in [2.24, 2.45) is 0 Å². The normalized spacial score (nSPS) is 15.3. The van der Waals surface area contributed by atoms with E-state index in [1.54, 1.807) is 13.2 Å². The molecule has 35 heavy (non-hydrogen) atoms. The molecule has 1 aromatic carbocycles. The Bertz CT molecular complexity index is 1330. The van der Waals surface area contributed by atoms with Gasteiger partial charge in [-0.15, -0.1) is 0 Å². The molecule has 1 N–H and O–H groups in total. The summed E-state index contributed by atoms with van der Waals surface area (Å²) >= 11 is 0. The van der Waals surface area contributed by atoms with Gasteiger partial charge in [0.2, 0.25) is 11.9 Å². The lowest BCUT2D eigenvalue weighted by Gasteiger charge is -2.34. The molecular weight excluding hydrogens is 442 g/mol. The number of benzene rings is 1. The van der Waals surface area contributed by atoms with Crippen molar-refractivity contribution >= 4 is 39.7 Å². The van der Waals surface area contributed by atoms with Crippen LogP contribution in [-0.4, -0.2) is 56.7 Å². The average Bonchev–Trinajstić information content (AvgIpc) is 3.52. The molecule has 1 aliphatic heterocycles. The minimum atomic E-state index is 0.0138. The van der Waals surface area contributed by atoms with Crippen LogP contribution in [0.4, 0.5) is 11.8 Å². The van der Waals surface area contributed by atoms with E-state index in [4.69, 9.17) is 19.5 Å². The van der Waals surface area contributed by atoms with Gasteiger partial charge < -0.3 is 19.5 Å². The second-order valence-electron chi connectivity index (χ2n) is 9.24. The number of anilines is 2. The van der Waals surface area contributed by atoms with Crippen molar-refractivity contribution in [3.63, 3.8) is 0 Å². The molecule has 1 atom stereocenters. The van der Waals surface area contributed by atoms with E-state index < -0.39 is 0 Å². The van der Waals surface area contributed by atoms with Crippen LogP contribution in [0.15, 0.2) is 41.1 Å². The van der Waals surface area contributed by atoms with Crippen LogP contribution in [0.3, 0.4) is 0 Å². The van der Waals surface area contributed by atoms with Crippen molar-refractivity contribution in [1.29, 1.82) is 0 Å². The molecule has 5 rings (SSSR count). The van der Waals surface area contributed by atoms with Crippen molar-refractivity contribution in [3.8, 4) is 0 Å². The maximum Gasteiger partial charge on any atom is 0.228 e. The Morgan fingerprint density at radius 2 is 1.89 bits per heavy atom. The number of nitrogens with one attached hydrogen (secondary N) is 1. The molecule has 0 aliphatic carbocycles. The standard InChI is InChI=1S/C26H33N7O2/c1-5-21(6-2)33-24-22(16-27-33)29-26(32-12-10-31(11-13-32)18(4)34)30-25(24)28-17(3)19-7-8-23-20(15-19)9-14-35-23/h7-9,14-17,21H,5-6,10-13H2,1-4H3,(H,28,29,30). The molecule has 4 aromatic rings. The van der Waals surface area contributed by atoms with Gasteiger partial charge in [-0.3, -0.25) is 9.48 Å². The molecular formula is C26H33N7O2. The number of fused-ring (bicyclic) bond motifs is 2. The number of hydrogen-bond donors (Lipinski definition) is 1. The van der Waals surface area contributed by atoms with E-state index in [1.165, 1.54) is 0 Å². The number of nitrogens with zero attached hydrogens (tertiary/aromatic N) is 6. The zero-order valence-electron chi connectivity index (χ0n) is 20.9. The van der Waals surface area contributed by atoms with Crippen molar-refractivity contribution in [2.75, 3.05) is 36.4 Å². The fourth-order valence-electron chi connectivity index (χ4n) is 4.87. The van der Waals surface area contributed by atoms with Gasteiger partial charge in [0.05, 0.1) is 24.5 Å². The van der Waals surface area contributed by atoms with Gasteiger partial charge in [0.25, 0.3) is 0 Å². The van der Waals surface area contributed by atoms with E-state index >= 15 is 0 Å². The van der Waals surface area contributed by atoms with Gasteiger partial charge in [0, 0.05) is 38.5 Å². The van der Waals surface area contributed by atoms with Gasteiger partial charge in [-0.2, -0.15) is 10.1 Å². The van der Waals surface area contributed by atoms with Crippen LogP contribution >= 0.6 is 0 Å². The van der Waals surface area contributed by atoms with E-state index in [-0.39, 0.29) is 18.0 Å². The highest BCUT2D eigenvalue weighted by molar-refractivity contribution is 5.87. The minimum absolute atomic E-state index is 0.0138. The Labute approximate surface area is 205 Å². The lowest BCUT2D eigenvalue weighted by molar-refractivity contribution is -0.129. The molecule has 1 amide bonds. The van der Waals surface area contributed by atoms with Gasteiger partial charge in [0.1, 0.15) is 16.6 Å². The highest BCUT2D eigenvalue weighted by Gasteiger charge is 2.24. The number of carbonyl (C=O) groups excluding carboxylic acids is 1. The second kappa shape index (κ2) is 9.56. The minimum Gasteiger partial charge on any atom is -0.464 e. The van der Waals surface area contributed by atoms with Crippen LogP contribution in [0, 0.1) is 0 Å². The Morgan fingerprint density at radius 1 is 1.11 bits per heavy atom. The smallest absolute Gasteiger partial charge is 0.228 e. The summed E-state index contributed by atoms with van der Waals surface area (Å²) in [6, 6.07) is 8.51. The van der Waals surface area contributed by atoms with Crippen molar-refractivity contribution in [3.05, 3.63) is 42.3 Å². The predicted octanol–water partition coefficient (Wildman–Crippen LogP) is 4.78. The number of carbonyl (C=O) groups is 1. The molecule has 0 bridgehead atoms. The maximum absolute atomic E-state index is 11.8. The predicted molar refractivity (Wildman–Crippen MR) is 138 cm³/mol. The van der Waals surface area contributed by atoms with Crippen LogP contribution in [0.5, 0.6) is 0 Å². The van der Waals surface area contributed by atoms with E-state index in [0.29, 0.717) is 32.1 Å². The highest BCUT2D eigenvalue weighted by atomic mass is 16.3. The lowest BCUT2D eigenvalue weighted by atomic mass is 10.1. The first kappa shape index (κ1) is 23.1. The van der Waals surface area contributed by atoms with Crippen molar-refractivity contribution in [1.82, 2.24) is 24.6 Å². The monoisotopic (exact) mass is 475 g/mol. The summed E-state index contributed by atoms with van der Waals surface area (Å²) in [4.78, 5) is 25.7. The number of amides is 1. The number of aromatic nitrogens is 4. The molecule has 0 saturated carbocycles. The van der Waals surface area contributed by atoms with Crippen LogP contribution in [0.25, 0.3) is 22.0 Å². The first-order valence-electron chi connectivity index (χ1n) is 12.5. The Hall–Kier alpha value is -3.62. The number of piperazine rings is 1. The Morgan fingerprint density at radius 3 is 2.60 bits per heavy atom. The van der Waals surface area contributed by atoms with Gasteiger partial charge in [0.15, 0.2) is 5.82 Å². The number of hydrogen-bond acceptors (Lipinski definition) is 7. The lowest BCUT2D eigenvalue weighted by Crippen LogP contribution is -2.48.